The van der Waals surface area contributed by atoms with Crippen molar-refractivity contribution in [2.45, 2.75) is 4.90 Å². The van der Waals surface area contributed by atoms with Crippen LogP contribution >= 0.6 is 11.6 Å². The Morgan fingerprint density at radius 2 is 1.95 bits per heavy atom. The first-order valence-electron chi connectivity index (χ1n) is 6.49. The first kappa shape index (κ1) is 18.9. The van der Waals surface area contributed by atoms with Crippen LogP contribution in [0.2, 0.25) is 5.02 Å². The van der Waals surface area contributed by atoms with E-state index in [1.807, 2.05) is 0 Å². The molecule has 0 unspecified atom stereocenters. The Kier molecular flexibility index (Phi) is 7.77. The van der Waals surface area contributed by atoms with Gasteiger partial charge in [0.15, 0.2) is 0 Å². The van der Waals surface area contributed by atoms with E-state index in [0.717, 1.165) is 0 Å². The number of methoxy groups -OCH3 is 2. The zero-order valence-electron chi connectivity index (χ0n) is 12.4. The molecule has 2 N–H and O–H groups in total. The van der Waals surface area contributed by atoms with Crippen molar-refractivity contribution >= 4 is 27.6 Å². The predicted molar refractivity (Wildman–Crippen MR) is 82.7 cm³/mol. The van der Waals surface area contributed by atoms with E-state index in [2.05, 4.69) is 14.8 Å². The van der Waals surface area contributed by atoms with Crippen LogP contribution in [0.3, 0.4) is 0 Å². The molecular formula is C13H19ClN2O5S. The van der Waals surface area contributed by atoms with Gasteiger partial charge in [-0.15, -0.1) is 0 Å². The van der Waals surface area contributed by atoms with Crippen molar-refractivity contribution in [3.63, 3.8) is 0 Å². The molecule has 124 valence electrons. The molecular weight excluding hydrogens is 332 g/mol. The summed E-state index contributed by atoms with van der Waals surface area (Å²) in [6.45, 7) is 1.85. The summed E-state index contributed by atoms with van der Waals surface area (Å²) in [5.41, 5.74) is 0.188. The van der Waals surface area contributed by atoms with Crippen molar-refractivity contribution in [3.05, 3.63) is 28.8 Å². The summed E-state index contributed by atoms with van der Waals surface area (Å²) in [5, 5.41) is 2.97. The summed E-state index contributed by atoms with van der Waals surface area (Å²) in [4.78, 5) is 11.3. The number of nitrogens with one attached hydrogen (secondary N) is 2. The smallest absolute Gasteiger partial charge is 0.337 e. The number of rotatable bonds is 9. The number of carbonyl (C=O) groups is 1. The maximum absolute atomic E-state index is 12.1. The van der Waals surface area contributed by atoms with E-state index in [1.165, 1.54) is 25.3 Å². The summed E-state index contributed by atoms with van der Waals surface area (Å²) in [6, 6.07) is 3.89. The Labute approximate surface area is 135 Å². The number of ether oxygens (including phenoxy) is 2. The standard InChI is InChI=1S/C13H19ClN2O5S/c1-20-8-7-15-5-6-16-22(18,19)12-4-3-10(9-11(12)14)13(17)21-2/h3-4,9,15-16H,5-8H2,1-2H3. The molecule has 0 aromatic heterocycles. The molecule has 0 amide bonds. The highest BCUT2D eigenvalue weighted by Gasteiger charge is 2.19. The highest BCUT2D eigenvalue weighted by atomic mass is 35.5. The lowest BCUT2D eigenvalue weighted by atomic mass is 10.2. The third-order valence-electron chi connectivity index (χ3n) is 2.72. The van der Waals surface area contributed by atoms with Crippen molar-refractivity contribution in [2.24, 2.45) is 0 Å². The van der Waals surface area contributed by atoms with Gasteiger partial charge in [0.05, 0.1) is 24.3 Å². The van der Waals surface area contributed by atoms with Crippen molar-refractivity contribution in [1.82, 2.24) is 10.0 Å². The second kappa shape index (κ2) is 9.06. The van der Waals surface area contributed by atoms with Gasteiger partial charge < -0.3 is 14.8 Å². The van der Waals surface area contributed by atoms with Crippen LogP contribution in [0.5, 0.6) is 0 Å². The number of hydrogen-bond acceptors (Lipinski definition) is 6. The van der Waals surface area contributed by atoms with E-state index in [-0.39, 0.29) is 22.0 Å². The molecule has 0 aliphatic rings. The highest BCUT2D eigenvalue weighted by molar-refractivity contribution is 7.89. The molecule has 0 radical (unpaired) electrons. The van der Waals surface area contributed by atoms with E-state index >= 15 is 0 Å². The second-order valence-corrected chi connectivity index (χ2v) is 6.42. The fraction of sp³-hybridized carbons (Fsp3) is 0.462. The molecule has 1 rings (SSSR count). The van der Waals surface area contributed by atoms with Gasteiger partial charge in [-0.2, -0.15) is 0 Å². The maximum atomic E-state index is 12.1. The number of sulfonamides is 1. The van der Waals surface area contributed by atoms with Crippen LogP contribution in [0.15, 0.2) is 23.1 Å². The molecule has 0 saturated heterocycles. The van der Waals surface area contributed by atoms with Crippen molar-refractivity contribution < 1.29 is 22.7 Å². The molecule has 0 aliphatic heterocycles. The SMILES string of the molecule is COCCNCCNS(=O)(=O)c1ccc(C(=O)OC)cc1Cl. The number of carbonyl (C=O) groups excluding carboxylic acids is 1. The summed E-state index contributed by atoms with van der Waals surface area (Å²) < 4.78 is 36.1. The molecule has 7 nitrogen and oxygen atoms in total. The largest absolute Gasteiger partial charge is 0.465 e. The van der Waals surface area contributed by atoms with Crippen LogP contribution < -0.4 is 10.0 Å². The molecule has 0 heterocycles. The lowest BCUT2D eigenvalue weighted by molar-refractivity contribution is 0.0600. The minimum atomic E-state index is -3.74. The van der Waals surface area contributed by atoms with Gasteiger partial charge in [0, 0.05) is 26.7 Å². The first-order chi connectivity index (χ1) is 10.4. The molecule has 22 heavy (non-hydrogen) atoms. The zero-order valence-corrected chi connectivity index (χ0v) is 14.0. The molecule has 1 aromatic carbocycles. The monoisotopic (exact) mass is 350 g/mol. The highest BCUT2D eigenvalue weighted by Crippen LogP contribution is 2.22. The van der Waals surface area contributed by atoms with Gasteiger partial charge in [-0.1, -0.05) is 11.6 Å². The third kappa shape index (κ3) is 5.54. The van der Waals surface area contributed by atoms with Gasteiger partial charge >= 0.3 is 5.97 Å². The molecule has 0 atom stereocenters. The fourth-order valence-corrected chi connectivity index (χ4v) is 3.19. The third-order valence-corrected chi connectivity index (χ3v) is 4.66. The number of hydrogen-bond donors (Lipinski definition) is 2. The van der Waals surface area contributed by atoms with Gasteiger partial charge in [0.2, 0.25) is 10.0 Å². The summed E-state index contributed by atoms with van der Waals surface area (Å²) >= 11 is 5.94. The minimum Gasteiger partial charge on any atom is -0.465 e. The maximum Gasteiger partial charge on any atom is 0.337 e. The van der Waals surface area contributed by atoms with E-state index < -0.39 is 16.0 Å². The second-order valence-electron chi connectivity index (χ2n) is 4.28. The normalized spacial score (nSPS) is 11.4. The molecule has 1 aromatic rings. The topological polar surface area (TPSA) is 93.7 Å². The Morgan fingerprint density at radius 1 is 1.23 bits per heavy atom. The van der Waals surface area contributed by atoms with Crippen LogP contribution in [0.4, 0.5) is 0 Å². The van der Waals surface area contributed by atoms with Gasteiger partial charge in [-0.3, -0.25) is 0 Å². The van der Waals surface area contributed by atoms with Crippen LogP contribution in [0.25, 0.3) is 0 Å². The van der Waals surface area contributed by atoms with Gasteiger partial charge in [-0.05, 0) is 18.2 Å². The van der Waals surface area contributed by atoms with Crippen LogP contribution in [0.1, 0.15) is 10.4 Å². The predicted octanol–water partition coefficient (Wildman–Crippen LogP) is 0.641. The summed E-state index contributed by atoms with van der Waals surface area (Å²) in [7, 11) is -0.915. The quantitative estimate of drug-likeness (QED) is 0.501. The van der Waals surface area contributed by atoms with Crippen molar-refractivity contribution in [2.75, 3.05) is 40.5 Å². The zero-order chi connectivity index (χ0) is 16.6. The molecule has 0 fully saturated rings. The van der Waals surface area contributed by atoms with Crippen LogP contribution in [0, 0.1) is 0 Å². The number of halogens is 1. The Morgan fingerprint density at radius 3 is 2.55 bits per heavy atom. The molecule has 0 saturated carbocycles. The van der Waals surface area contributed by atoms with E-state index in [0.29, 0.717) is 19.7 Å². The van der Waals surface area contributed by atoms with E-state index in [1.54, 1.807) is 7.11 Å². The molecule has 9 heteroatoms. The van der Waals surface area contributed by atoms with E-state index in [9.17, 15) is 13.2 Å². The van der Waals surface area contributed by atoms with Crippen molar-refractivity contribution in [3.8, 4) is 0 Å². The van der Waals surface area contributed by atoms with Crippen LogP contribution in [-0.4, -0.2) is 54.8 Å². The Bertz CT molecular complexity index is 606. The van der Waals surface area contributed by atoms with Crippen LogP contribution in [-0.2, 0) is 19.5 Å². The molecule has 0 bridgehead atoms. The molecule has 0 aliphatic carbocycles. The lowest BCUT2D eigenvalue weighted by Gasteiger charge is -2.10. The van der Waals surface area contributed by atoms with Gasteiger partial charge in [0.1, 0.15) is 4.90 Å². The summed E-state index contributed by atoms with van der Waals surface area (Å²) in [5.74, 6) is -0.582. The Balaban J connectivity index is 2.67. The van der Waals surface area contributed by atoms with Crippen molar-refractivity contribution in [1.29, 1.82) is 0 Å². The Hall–Kier alpha value is -1.19. The molecule has 0 spiro atoms. The van der Waals surface area contributed by atoms with Gasteiger partial charge in [0.25, 0.3) is 0 Å². The van der Waals surface area contributed by atoms with Gasteiger partial charge in [-0.25, -0.2) is 17.9 Å². The lowest BCUT2D eigenvalue weighted by Crippen LogP contribution is -2.33. The minimum absolute atomic E-state index is 0.0391. The first-order valence-corrected chi connectivity index (χ1v) is 8.35. The number of esters is 1. The average molecular weight is 351 g/mol. The summed E-state index contributed by atoms with van der Waals surface area (Å²) in [6.07, 6.45) is 0. The van der Waals surface area contributed by atoms with E-state index in [4.69, 9.17) is 16.3 Å². The number of benzene rings is 1. The fourth-order valence-electron chi connectivity index (χ4n) is 1.61. The average Bonchev–Trinajstić information content (AvgIpc) is 2.49.